The van der Waals surface area contributed by atoms with Crippen molar-refractivity contribution in [3.63, 3.8) is 0 Å². The minimum absolute atomic E-state index is 0.169. The van der Waals surface area contributed by atoms with E-state index >= 15 is 0 Å². The third-order valence-corrected chi connectivity index (χ3v) is 3.30. The molecule has 0 radical (unpaired) electrons. The molecule has 1 aliphatic rings. The van der Waals surface area contributed by atoms with Gasteiger partial charge < -0.3 is 10.1 Å². The highest BCUT2D eigenvalue weighted by molar-refractivity contribution is 5.24. The van der Waals surface area contributed by atoms with Crippen LogP contribution in [0.3, 0.4) is 0 Å². The zero-order valence-electron chi connectivity index (χ0n) is 10.0. The van der Waals surface area contributed by atoms with Crippen LogP contribution in [0.1, 0.15) is 19.3 Å². The van der Waals surface area contributed by atoms with Crippen molar-refractivity contribution in [1.82, 2.24) is 5.32 Å². The lowest BCUT2D eigenvalue weighted by Gasteiger charge is -2.20. The Bertz CT molecular complexity index is 466. The van der Waals surface area contributed by atoms with E-state index in [1.807, 2.05) is 0 Å². The number of halogens is 2. The quantitative estimate of drug-likeness (QED) is 0.898. The highest BCUT2D eigenvalue weighted by atomic mass is 19.1. The largest absolute Gasteiger partial charge is 0.490 e. The molecule has 2 unspecified atom stereocenters. The molecule has 1 saturated carbocycles. The van der Waals surface area contributed by atoms with Crippen LogP contribution >= 0.6 is 0 Å². The number of hydrogen-bond donors (Lipinski definition) is 1. The van der Waals surface area contributed by atoms with Crippen molar-refractivity contribution >= 4 is 0 Å². The normalized spacial score (nSPS) is 26.9. The first-order valence-corrected chi connectivity index (χ1v) is 5.80. The smallest absolute Gasteiger partial charge is 0.129 e. The molecule has 96 valence electrons. The molecule has 1 aromatic rings. The predicted molar refractivity (Wildman–Crippen MR) is 62.0 cm³/mol. The van der Waals surface area contributed by atoms with Crippen LogP contribution in [0.2, 0.25) is 0 Å². The zero-order valence-corrected chi connectivity index (χ0v) is 10.0. The first-order chi connectivity index (χ1) is 8.57. The number of nitrogens with one attached hydrogen (secondary N) is 1. The maximum atomic E-state index is 13.0. The first-order valence-electron chi connectivity index (χ1n) is 5.80. The summed E-state index contributed by atoms with van der Waals surface area (Å²) in [6.45, 7) is 0. The Morgan fingerprint density at radius 3 is 2.56 bits per heavy atom. The summed E-state index contributed by atoms with van der Waals surface area (Å²) in [7, 11) is 1.73. The van der Waals surface area contributed by atoms with E-state index in [1.54, 1.807) is 7.05 Å². The molecule has 1 N–H and O–H groups in total. The fraction of sp³-hybridized carbons (Fsp3) is 0.462. The maximum Gasteiger partial charge on any atom is 0.129 e. The van der Waals surface area contributed by atoms with Crippen molar-refractivity contribution in [2.75, 3.05) is 7.05 Å². The molecule has 2 atom stereocenters. The molecular weight excluding hydrogens is 238 g/mol. The fourth-order valence-corrected chi connectivity index (χ4v) is 2.27. The van der Waals surface area contributed by atoms with Gasteiger partial charge in [0, 0.05) is 24.6 Å². The minimum atomic E-state index is -0.664. The lowest BCUT2D eigenvalue weighted by Crippen LogP contribution is -2.39. The summed E-state index contributed by atoms with van der Waals surface area (Å²) in [4.78, 5) is 0. The summed E-state index contributed by atoms with van der Waals surface area (Å²) in [6.07, 6.45) is 1.67. The summed E-state index contributed by atoms with van der Waals surface area (Å²) in [5, 5.41) is 12.1. The fourth-order valence-electron chi connectivity index (χ4n) is 2.27. The third-order valence-electron chi connectivity index (χ3n) is 3.30. The molecule has 5 heteroatoms. The van der Waals surface area contributed by atoms with Gasteiger partial charge in [-0.15, -0.1) is 0 Å². The van der Waals surface area contributed by atoms with Crippen LogP contribution in [0, 0.1) is 23.0 Å². The van der Waals surface area contributed by atoms with Gasteiger partial charge in [-0.2, -0.15) is 5.26 Å². The van der Waals surface area contributed by atoms with Gasteiger partial charge in [0.2, 0.25) is 0 Å². The van der Waals surface area contributed by atoms with E-state index in [2.05, 4.69) is 11.4 Å². The van der Waals surface area contributed by atoms with Crippen LogP contribution in [0.25, 0.3) is 0 Å². The van der Waals surface area contributed by atoms with Crippen molar-refractivity contribution in [1.29, 1.82) is 5.26 Å². The van der Waals surface area contributed by atoms with Gasteiger partial charge in [-0.3, -0.25) is 0 Å². The Balaban J connectivity index is 2.06. The van der Waals surface area contributed by atoms with Crippen LogP contribution in [0.4, 0.5) is 8.78 Å². The van der Waals surface area contributed by atoms with Gasteiger partial charge in [-0.1, -0.05) is 0 Å². The number of nitrogens with zero attached hydrogens (tertiary/aromatic N) is 1. The van der Waals surface area contributed by atoms with Crippen molar-refractivity contribution in [2.24, 2.45) is 0 Å². The van der Waals surface area contributed by atoms with Crippen LogP contribution in [0.5, 0.6) is 5.75 Å². The molecule has 0 aromatic heterocycles. The van der Waals surface area contributed by atoms with E-state index in [4.69, 9.17) is 10.00 Å². The highest BCUT2D eigenvalue weighted by Gasteiger charge is 2.39. The minimum Gasteiger partial charge on any atom is -0.490 e. The second kappa shape index (κ2) is 4.91. The topological polar surface area (TPSA) is 45.0 Å². The average molecular weight is 252 g/mol. The average Bonchev–Trinajstić information content (AvgIpc) is 2.72. The molecule has 1 aromatic carbocycles. The van der Waals surface area contributed by atoms with Gasteiger partial charge >= 0.3 is 0 Å². The Hall–Kier alpha value is -1.67. The summed E-state index contributed by atoms with van der Waals surface area (Å²) in [5.74, 6) is -1.16. The lowest BCUT2D eigenvalue weighted by molar-refractivity contribution is 0.200. The number of rotatable bonds is 3. The van der Waals surface area contributed by atoms with Gasteiger partial charge in [0.25, 0.3) is 0 Å². The van der Waals surface area contributed by atoms with E-state index in [1.165, 1.54) is 0 Å². The number of nitriles is 1. The zero-order chi connectivity index (χ0) is 13.2. The molecular formula is C13H14F2N2O. The Morgan fingerprint density at radius 1 is 1.39 bits per heavy atom. The maximum absolute atomic E-state index is 13.0. The van der Waals surface area contributed by atoms with Crippen LogP contribution in [-0.2, 0) is 0 Å². The summed E-state index contributed by atoms with van der Waals surface area (Å²) in [5.41, 5.74) is -0.587. The molecule has 2 rings (SSSR count). The van der Waals surface area contributed by atoms with Gasteiger partial charge in [-0.25, -0.2) is 8.78 Å². The Kier molecular flexibility index (Phi) is 3.48. The van der Waals surface area contributed by atoms with Crippen LogP contribution < -0.4 is 10.1 Å². The molecule has 0 heterocycles. The molecule has 0 spiro atoms. The number of hydrogen-bond acceptors (Lipinski definition) is 3. The van der Waals surface area contributed by atoms with Crippen molar-refractivity contribution in [2.45, 2.75) is 30.9 Å². The molecule has 1 aliphatic carbocycles. The number of benzene rings is 1. The SMILES string of the molecule is CNC1(C#N)CCC(Oc2cc(F)cc(F)c2)C1. The van der Waals surface area contributed by atoms with Crippen molar-refractivity contribution < 1.29 is 13.5 Å². The highest BCUT2D eigenvalue weighted by Crippen LogP contribution is 2.32. The molecule has 0 aliphatic heterocycles. The Morgan fingerprint density at radius 2 is 2.06 bits per heavy atom. The van der Waals surface area contributed by atoms with Crippen molar-refractivity contribution in [3.05, 3.63) is 29.8 Å². The van der Waals surface area contributed by atoms with E-state index < -0.39 is 17.2 Å². The summed E-state index contributed by atoms with van der Waals surface area (Å²) < 4.78 is 31.5. The second-order valence-electron chi connectivity index (χ2n) is 4.53. The predicted octanol–water partition coefficient (Wildman–Crippen LogP) is 2.38. The lowest BCUT2D eigenvalue weighted by atomic mass is 10.0. The summed E-state index contributed by atoms with van der Waals surface area (Å²) >= 11 is 0. The first kappa shape index (κ1) is 12.8. The van der Waals surface area contributed by atoms with E-state index in [0.29, 0.717) is 19.3 Å². The van der Waals surface area contributed by atoms with E-state index in [-0.39, 0.29) is 11.9 Å². The monoisotopic (exact) mass is 252 g/mol. The van der Waals surface area contributed by atoms with Gasteiger partial charge in [0.1, 0.15) is 29.0 Å². The van der Waals surface area contributed by atoms with Gasteiger partial charge in [0.15, 0.2) is 0 Å². The molecule has 0 saturated heterocycles. The van der Waals surface area contributed by atoms with E-state index in [0.717, 1.165) is 18.2 Å². The molecule has 18 heavy (non-hydrogen) atoms. The van der Waals surface area contributed by atoms with Gasteiger partial charge in [-0.05, 0) is 19.9 Å². The molecule has 0 bridgehead atoms. The molecule has 3 nitrogen and oxygen atoms in total. The van der Waals surface area contributed by atoms with E-state index in [9.17, 15) is 8.78 Å². The van der Waals surface area contributed by atoms with Crippen LogP contribution in [-0.4, -0.2) is 18.7 Å². The molecule has 0 amide bonds. The standard InChI is InChI=1S/C13H14F2N2O/c1-17-13(8-16)3-2-11(7-13)18-12-5-9(14)4-10(15)6-12/h4-6,11,17H,2-3,7H2,1H3. The Labute approximate surface area is 104 Å². The third kappa shape index (κ3) is 2.59. The van der Waals surface area contributed by atoms with Gasteiger partial charge in [0.05, 0.1) is 6.07 Å². The second-order valence-corrected chi connectivity index (χ2v) is 4.53. The summed E-state index contributed by atoms with van der Waals surface area (Å²) in [6, 6.07) is 5.32. The van der Waals surface area contributed by atoms with Crippen molar-refractivity contribution in [3.8, 4) is 11.8 Å². The van der Waals surface area contributed by atoms with Crippen LogP contribution in [0.15, 0.2) is 18.2 Å². The number of ether oxygens (including phenoxy) is 1. The molecule has 1 fully saturated rings.